The number of hydrogen-bond donors (Lipinski definition) is 2. The highest BCUT2D eigenvalue weighted by atomic mass is 16.3. The van der Waals surface area contributed by atoms with Crippen molar-refractivity contribution in [3.05, 3.63) is 59.7 Å². The lowest BCUT2D eigenvalue weighted by Gasteiger charge is -2.13. The predicted octanol–water partition coefficient (Wildman–Crippen LogP) is 4.61. The summed E-state index contributed by atoms with van der Waals surface area (Å²) in [6.07, 6.45) is 4.38. The van der Waals surface area contributed by atoms with E-state index >= 15 is 0 Å². The lowest BCUT2D eigenvalue weighted by molar-refractivity contribution is 0.446. The van der Waals surface area contributed by atoms with Crippen molar-refractivity contribution in [2.75, 3.05) is 0 Å². The number of benzene rings is 2. The van der Waals surface area contributed by atoms with Crippen molar-refractivity contribution in [2.24, 2.45) is 0 Å². The first-order valence-corrected chi connectivity index (χ1v) is 7.22. The van der Waals surface area contributed by atoms with Gasteiger partial charge in [-0.05, 0) is 48.9 Å². The van der Waals surface area contributed by atoms with Crippen molar-refractivity contribution in [3.8, 4) is 11.5 Å². The Labute approximate surface area is 120 Å². The Hall–Kier alpha value is -1.96. The highest BCUT2D eigenvalue weighted by molar-refractivity contribution is 5.40. The fourth-order valence-electron chi connectivity index (χ4n) is 2.52. The molecule has 0 fully saturated rings. The molecule has 0 bridgehead atoms. The number of aryl methyl sites for hydroxylation is 1. The van der Waals surface area contributed by atoms with Crippen LogP contribution in [0, 0.1) is 0 Å². The third kappa shape index (κ3) is 4.02. The quantitative estimate of drug-likeness (QED) is 0.594. The summed E-state index contributed by atoms with van der Waals surface area (Å²) in [5.74, 6) is 0.755. The Balaban J connectivity index is 1.80. The van der Waals surface area contributed by atoms with Gasteiger partial charge in [0.25, 0.3) is 0 Å². The van der Waals surface area contributed by atoms with Crippen LogP contribution in [0.3, 0.4) is 0 Å². The molecule has 20 heavy (non-hydrogen) atoms. The lowest BCUT2D eigenvalue weighted by Crippen LogP contribution is -1.95. The van der Waals surface area contributed by atoms with Gasteiger partial charge in [-0.1, -0.05) is 43.7 Å². The number of hydrogen-bond acceptors (Lipinski definition) is 2. The normalized spacial score (nSPS) is 12.2. The topological polar surface area (TPSA) is 40.5 Å². The van der Waals surface area contributed by atoms with Crippen LogP contribution in [0.5, 0.6) is 11.5 Å². The van der Waals surface area contributed by atoms with Gasteiger partial charge in [-0.2, -0.15) is 0 Å². The van der Waals surface area contributed by atoms with Crippen LogP contribution in [-0.4, -0.2) is 10.2 Å². The monoisotopic (exact) mass is 270 g/mol. The summed E-state index contributed by atoms with van der Waals surface area (Å²) in [7, 11) is 0. The van der Waals surface area contributed by atoms with E-state index in [1.54, 1.807) is 12.1 Å². The minimum absolute atomic E-state index is 0.217. The summed E-state index contributed by atoms with van der Waals surface area (Å²) < 4.78 is 0. The second-order valence-electron chi connectivity index (χ2n) is 5.38. The van der Waals surface area contributed by atoms with Crippen LogP contribution < -0.4 is 0 Å². The van der Waals surface area contributed by atoms with Gasteiger partial charge in [-0.25, -0.2) is 0 Å². The molecule has 106 valence electrons. The van der Waals surface area contributed by atoms with Gasteiger partial charge in [-0.3, -0.25) is 0 Å². The van der Waals surface area contributed by atoms with Crippen LogP contribution in [0.4, 0.5) is 0 Å². The number of aromatic hydroxyl groups is 2. The van der Waals surface area contributed by atoms with Crippen LogP contribution >= 0.6 is 0 Å². The molecular formula is C18H22O2. The summed E-state index contributed by atoms with van der Waals surface area (Å²) in [5.41, 5.74) is 2.21. The molecule has 2 heteroatoms. The predicted molar refractivity (Wildman–Crippen MR) is 82.2 cm³/mol. The van der Waals surface area contributed by atoms with Gasteiger partial charge >= 0.3 is 0 Å². The molecule has 1 atom stereocenters. The van der Waals surface area contributed by atoms with Crippen molar-refractivity contribution in [3.63, 3.8) is 0 Å². The minimum atomic E-state index is 0.217. The summed E-state index contributed by atoms with van der Waals surface area (Å²) >= 11 is 0. The summed E-state index contributed by atoms with van der Waals surface area (Å²) in [4.78, 5) is 0. The van der Waals surface area contributed by atoms with E-state index in [2.05, 4.69) is 31.2 Å². The van der Waals surface area contributed by atoms with Crippen LogP contribution in [-0.2, 0) is 6.42 Å². The maximum absolute atomic E-state index is 9.83. The highest BCUT2D eigenvalue weighted by Gasteiger charge is 2.11. The molecule has 0 saturated carbocycles. The van der Waals surface area contributed by atoms with Crippen LogP contribution in [0.2, 0.25) is 0 Å². The van der Waals surface area contributed by atoms with Crippen LogP contribution in [0.25, 0.3) is 0 Å². The average molecular weight is 270 g/mol. The van der Waals surface area contributed by atoms with E-state index in [-0.39, 0.29) is 17.4 Å². The van der Waals surface area contributed by atoms with Crippen LogP contribution in [0.1, 0.15) is 43.2 Å². The van der Waals surface area contributed by atoms with Crippen molar-refractivity contribution in [2.45, 2.75) is 38.5 Å². The smallest absolute Gasteiger partial charge is 0.119 e. The lowest BCUT2D eigenvalue weighted by atomic mass is 9.93. The van der Waals surface area contributed by atoms with Gasteiger partial charge in [0, 0.05) is 5.56 Å². The number of phenols is 2. The van der Waals surface area contributed by atoms with Gasteiger partial charge < -0.3 is 10.2 Å². The molecule has 2 aromatic rings. The molecule has 2 aromatic carbocycles. The summed E-state index contributed by atoms with van der Waals surface area (Å²) in [6.45, 7) is 2.09. The Morgan fingerprint density at radius 1 is 0.950 bits per heavy atom. The molecule has 0 spiro atoms. The molecular weight excluding hydrogens is 248 g/mol. The standard InChI is InChI=1S/C18H22O2/c1-14(17-13-16(19)11-12-18(17)20)7-5-6-10-15-8-3-2-4-9-15/h2-4,8-9,11-14,19-20H,5-7,10H2,1H3. The van der Waals surface area contributed by atoms with Crippen molar-refractivity contribution >= 4 is 0 Å². The van der Waals surface area contributed by atoms with E-state index in [0.29, 0.717) is 0 Å². The molecule has 0 aliphatic heterocycles. The maximum Gasteiger partial charge on any atom is 0.119 e. The zero-order valence-corrected chi connectivity index (χ0v) is 11.9. The average Bonchev–Trinajstić information content (AvgIpc) is 2.47. The van der Waals surface area contributed by atoms with E-state index in [4.69, 9.17) is 0 Å². The summed E-state index contributed by atoms with van der Waals surface area (Å²) in [5, 5.41) is 19.3. The van der Waals surface area contributed by atoms with E-state index in [0.717, 1.165) is 31.2 Å². The molecule has 0 aliphatic carbocycles. The van der Waals surface area contributed by atoms with Crippen molar-refractivity contribution in [1.82, 2.24) is 0 Å². The van der Waals surface area contributed by atoms with Gasteiger partial charge in [-0.15, -0.1) is 0 Å². The highest BCUT2D eigenvalue weighted by Crippen LogP contribution is 2.32. The Kier molecular flexibility index (Phi) is 5.05. The van der Waals surface area contributed by atoms with Gasteiger partial charge in [0.2, 0.25) is 0 Å². The molecule has 0 radical (unpaired) electrons. The second-order valence-corrected chi connectivity index (χ2v) is 5.38. The Bertz CT molecular complexity index is 534. The molecule has 0 aromatic heterocycles. The fourth-order valence-corrected chi connectivity index (χ4v) is 2.52. The molecule has 0 saturated heterocycles. The van der Waals surface area contributed by atoms with E-state index in [1.165, 1.54) is 11.6 Å². The molecule has 0 amide bonds. The molecule has 2 rings (SSSR count). The van der Waals surface area contributed by atoms with Gasteiger partial charge in [0.05, 0.1) is 0 Å². The SMILES string of the molecule is CC(CCCCc1ccccc1)c1cc(O)ccc1O. The van der Waals surface area contributed by atoms with Gasteiger partial charge in [0.1, 0.15) is 11.5 Å². The largest absolute Gasteiger partial charge is 0.508 e. The molecule has 0 heterocycles. The molecule has 1 unspecified atom stereocenters. The Morgan fingerprint density at radius 2 is 1.70 bits per heavy atom. The van der Waals surface area contributed by atoms with E-state index < -0.39 is 0 Å². The zero-order valence-electron chi connectivity index (χ0n) is 11.9. The molecule has 2 nitrogen and oxygen atoms in total. The Morgan fingerprint density at radius 3 is 2.45 bits per heavy atom. The second kappa shape index (κ2) is 6.99. The first-order valence-electron chi connectivity index (χ1n) is 7.22. The van der Waals surface area contributed by atoms with Gasteiger partial charge in [0.15, 0.2) is 0 Å². The maximum atomic E-state index is 9.83. The van der Waals surface area contributed by atoms with E-state index in [1.807, 2.05) is 6.07 Å². The third-order valence-electron chi connectivity index (χ3n) is 3.74. The first kappa shape index (κ1) is 14.4. The first-order chi connectivity index (χ1) is 9.66. The van der Waals surface area contributed by atoms with E-state index in [9.17, 15) is 10.2 Å². The fraction of sp³-hybridized carbons (Fsp3) is 0.333. The summed E-state index contributed by atoms with van der Waals surface area (Å²) in [6, 6.07) is 15.2. The number of rotatable bonds is 6. The van der Waals surface area contributed by atoms with Crippen molar-refractivity contribution < 1.29 is 10.2 Å². The number of unbranched alkanes of at least 4 members (excludes halogenated alkanes) is 1. The molecule has 2 N–H and O–H groups in total. The third-order valence-corrected chi connectivity index (χ3v) is 3.74. The molecule has 0 aliphatic rings. The van der Waals surface area contributed by atoms with Crippen LogP contribution in [0.15, 0.2) is 48.5 Å². The van der Waals surface area contributed by atoms with Crippen molar-refractivity contribution in [1.29, 1.82) is 0 Å². The zero-order chi connectivity index (χ0) is 14.4. The number of phenolic OH excluding ortho intramolecular Hbond substituents is 2. The minimum Gasteiger partial charge on any atom is -0.508 e.